The Labute approximate surface area is 171 Å². The minimum absolute atomic E-state index is 0.259. The average Bonchev–Trinajstić information content (AvgIpc) is 3.16. The van der Waals surface area contributed by atoms with E-state index in [9.17, 15) is 4.39 Å². The predicted molar refractivity (Wildman–Crippen MR) is 104 cm³/mol. The topological polar surface area (TPSA) is 92.8 Å². The molecule has 1 saturated heterocycles. The second-order valence-corrected chi connectivity index (χ2v) is 7.38. The number of nitrogens with zero attached hydrogens (tertiary/aromatic N) is 7. The van der Waals surface area contributed by atoms with Gasteiger partial charge >= 0.3 is 0 Å². The number of ether oxygens (including phenoxy) is 1. The van der Waals surface area contributed by atoms with E-state index >= 15 is 0 Å². The normalized spacial score (nSPS) is 14.6. The van der Waals surface area contributed by atoms with Gasteiger partial charge in [-0.25, -0.2) is 4.39 Å². The molecule has 3 heterocycles. The fraction of sp³-hybridized carbons (Fsp3) is 0.316. The third-order valence-corrected chi connectivity index (χ3v) is 5.42. The van der Waals surface area contributed by atoms with Gasteiger partial charge in [-0.3, -0.25) is 4.90 Å². The van der Waals surface area contributed by atoms with Crippen molar-refractivity contribution in [2.75, 3.05) is 32.8 Å². The highest BCUT2D eigenvalue weighted by Crippen LogP contribution is 2.28. The second-order valence-electron chi connectivity index (χ2n) is 6.39. The number of benzene rings is 1. The van der Waals surface area contributed by atoms with Gasteiger partial charge in [0.2, 0.25) is 0 Å². The molecule has 29 heavy (non-hydrogen) atoms. The van der Waals surface area contributed by atoms with Crippen molar-refractivity contribution in [1.82, 2.24) is 29.9 Å². The Kier molecular flexibility index (Phi) is 6.09. The standard InChI is InChI=1S/C19H18FN7OS/c20-15-3-1-14(2-4-15)18-24-25-19(29-17-6-5-16(13-21)22-23-17)27(18)8-7-26-9-11-28-12-10-26/h1-6H,7-12H2. The predicted octanol–water partition coefficient (Wildman–Crippen LogP) is 2.23. The number of hydrogen-bond acceptors (Lipinski definition) is 8. The molecule has 0 aliphatic carbocycles. The Morgan fingerprint density at radius 3 is 2.48 bits per heavy atom. The second kappa shape index (κ2) is 9.09. The molecule has 0 saturated carbocycles. The molecule has 1 aliphatic heterocycles. The fourth-order valence-corrected chi connectivity index (χ4v) is 3.75. The summed E-state index contributed by atoms with van der Waals surface area (Å²) in [5.74, 6) is 0.373. The SMILES string of the molecule is N#Cc1ccc(Sc2nnc(-c3ccc(F)cc3)n2CCN2CCOCC2)nn1. The first-order valence-electron chi connectivity index (χ1n) is 9.14. The van der Waals surface area contributed by atoms with Crippen molar-refractivity contribution in [1.29, 1.82) is 5.26 Å². The molecule has 8 nitrogen and oxygen atoms in total. The van der Waals surface area contributed by atoms with Gasteiger partial charge in [0.1, 0.15) is 16.9 Å². The molecule has 3 aromatic rings. The summed E-state index contributed by atoms with van der Waals surface area (Å²) < 4.78 is 20.8. The van der Waals surface area contributed by atoms with Crippen LogP contribution in [-0.4, -0.2) is 62.7 Å². The summed E-state index contributed by atoms with van der Waals surface area (Å²) in [7, 11) is 0. The van der Waals surface area contributed by atoms with E-state index in [2.05, 4.69) is 25.3 Å². The zero-order valence-corrected chi connectivity index (χ0v) is 16.3. The Morgan fingerprint density at radius 2 is 1.79 bits per heavy atom. The zero-order chi connectivity index (χ0) is 20.1. The van der Waals surface area contributed by atoms with Crippen LogP contribution in [0.1, 0.15) is 5.69 Å². The first kappa shape index (κ1) is 19.4. The van der Waals surface area contributed by atoms with Gasteiger partial charge in [0.05, 0.1) is 13.2 Å². The summed E-state index contributed by atoms with van der Waals surface area (Å²) in [6.45, 7) is 4.73. The third-order valence-electron chi connectivity index (χ3n) is 4.51. The van der Waals surface area contributed by atoms with Gasteiger partial charge in [-0.2, -0.15) is 5.26 Å². The fourth-order valence-electron chi connectivity index (χ4n) is 2.97. The van der Waals surface area contributed by atoms with Gasteiger partial charge in [0, 0.05) is 31.7 Å². The Bertz CT molecular complexity index is 995. The van der Waals surface area contributed by atoms with Crippen molar-refractivity contribution in [3.05, 3.63) is 47.9 Å². The minimum Gasteiger partial charge on any atom is -0.379 e. The molecule has 0 radical (unpaired) electrons. The van der Waals surface area contributed by atoms with E-state index in [0.717, 1.165) is 38.4 Å². The summed E-state index contributed by atoms with van der Waals surface area (Å²) in [5.41, 5.74) is 1.05. The Morgan fingerprint density at radius 1 is 1.00 bits per heavy atom. The molecular formula is C19H18FN7OS. The van der Waals surface area contributed by atoms with Crippen molar-refractivity contribution < 1.29 is 9.13 Å². The molecule has 1 aromatic carbocycles. The highest BCUT2D eigenvalue weighted by Gasteiger charge is 2.18. The maximum Gasteiger partial charge on any atom is 0.197 e. The number of hydrogen-bond donors (Lipinski definition) is 0. The number of nitriles is 1. The van der Waals surface area contributed by atoms with Gasteiger partial charge in [0.15, 0.2) is 16.7 Å². The van der Waals surface area contributed by atoms with Gasteiger partial charge < -0.3 is 9.30 Å². The largest absolute Gasteiger partial charge is 0.379 e. The van der Waals surface area contributed by atoms with E-state index < -0.39 is 0 Å². The number of halogens is 1. The number of morpholine rings is 1. The molecular weight excluding hydrogens is 393 g/mol. The minimum atomic E-state index is -0.296. The molecule has 1 aliphatic rings. The summed E-state index contributed by atoms with van der Waals surface area (Å²) in [5, 5.41) is 26.7. The first-order valence-corrected chi connectivity index (χ1v) is 9.95. The monoisotopic (exact) mass is 411 g/mol. The lowest BCUT2D eigenvalue weighted by molar-refractivity contribution is 0.0361. The number of rotatable bonds is 6. The molecule has 2 aromatic heterocycles. The Balaban J connectivity index is 1.60. The smallest absolute Gasteiger partial charge is 0.197 e. The molecule has 0 amide bonds. The van der Waals surface area contributed by atoms with Crippen LogP contribution >= 0.6 is 11.8 Å². The van der Waals surface area contributed by atoms with Crippen molar-refractivity contribution in [3.8, 4) is 17.5 Å². The summed E-state index contributed by atoms with van der Waals surface area (Å²) in [4.78, 5) is 2.33. The summed E-state index contributed by atoms with van der Waals surface area (Å²) in [6.07, 6.45) is 0. The van der Waals surface area contributed by atoms with Crippen LogP contribution in [0.2, 0.25) is 0 Å². The Hall–Kier alpha value is -2.87. The van der Waals surface area contributed by atoms with E-state index in [0.29, 0.717) is 22.6 Å². The molecule has 148 valence electrons. The van der Waals surface area contributed by atoms with Crippen LogP contribution in [0, 0.1) is 17.1 Å². The van der Waals surface area contributed by atoms with Crippen molar-refractivity contribution in [3.63, 3.8) is 0 Å². The van der Waals surface area contributed by atoms with E-state index in [1.807, 2.05) is 10.6 Å². The van der Waals surface area contributed by atoms with Crippen LogP contribution in [0.4, 0.5) is 4.39 Å². The van der Waals surface area contributed by atoms with Crippen molar-refractivity contribution >= 4 is 11.8 Å². The average molecular weight is 411 g/mol. The molecule has 0 spiro atoms. The third kappa shape index (κ3) is 4.76. The molecule has 0 N–H and O–H groups in total. The van der Waals surface area contributed by atoms with E-state index in [1.165, 1.54) is 23.9 Å². The van der Waals surface area contributed by atoms with Crippen LogP contribution < -0.4 is 0 Å². The highest BCUT2D eigenvalue weighted by atomic mass is 32.2. The van der Waals surface area contributed by atoms with Gasteiger partial charge in [0.25, 0.3) is 0 Å². The number of aromatic nitrogens is 5. The van der Waals surface area contributed by atoms with Gasteiger partial charge in [-0.05, 0) is 48.2 Å². The lowest BCUT2D eigenvalue weighted by atomic mass is 10.2. The van der Waals surface area contributed by atoms with Crippen molar-refractivity contribution in [2.45, 2.75) is 16.7 Å². The van der Waals surface area contributed by atoms with E-state index in [1.54, 1.807) is 24.3 Å². The molecule has 10 heteroatoms. The van der Waals surface area contributed by atoms with Gasteiger partial charge in [-0.15, -0.1) is 20.4 Å². The summed E-state index contributed by atoms with van der Waals surface area (Å²) in [6, 6.07) is 11.5. The lowest BCUT2D eigenvalue weighted by Gasteiger charge is -2.26. The van der Waals surface area contributed by atoms with Crippen LogP contribution in [-0.2, 0) is 11.3 Å². The van der Waals surface area contributed by atoms with Gasteiger partial charge in [-0.1, -0.05) is 0 Å². The molecule has 0 bridgehead atoms. The molecule has 1 fully saturated rings. The molecule has 0 atom stereocenters. The van der Waals surface area contributed by atoms with Crippen LogP contribution in [0.3, 0.4) is 0 Å². The van der Waals surface area contributed by atoms with E-state index in [4.69, 9.17) is 10.00 Å². The van der Waals surface area contributed by atoms with Crippen LogP contribution in [0.5, 0.6) is 0 Å². The van der Waals surface area contributed by atoms with Crippen molar-refractivity contribution in [2.24, 2.45) is 0 Å². The molecule has 0 unspecified atom stereocenters. The quantitative estimate of drug-likeness (QED) is 0.610. The zero-order valence-electron chi connectivity index (χ0n) is 15.5. The highest BCUT2D eigenvalue weighted by molar-refractivity contribution is 7.99. The molecule has 4 rings (SSSR count). The maximum atomic E-state index is 13.3. The van der Waals surface area contributed by atoms with E-state index in [-0.39, 0.29) is 11.5 Å². The first-order chi connectivity index (χ1) is 14.2. The lowest BCUT2D eigenvalue weighted by Crippen LogP contribution is -2.38. The maximum absolute atomic E-state index is 13.3. The summed E-state index contributed by atoms with van der Waals surface area (Å²) >= 11 is 1.33. The van der Waals surface area contributed by atoms with Crippen LogP contribution in [0.15, 0.2) is 46.6 Å². The van der Waals surface area contributed by atoms with Crippen LogP contribution in [0.25, 0.3) is 11.4 Å².